The van der Waals surface area contributed by atoms with Crippen molar-refractivity contribution in [2.75, 3.05) is 20.3 Å². The second-order valence-corrected chi connectivity index (χ2v) is 6.45. The fraction of sp³-hybridized carbons (Fsp3) is 0.500. The summed E-state index contributed by atoms with van der Waals surface area (Å²) in [6.07, 6.45) is 1.83. The lowest BCUT2D eigenvalue weighted by Crippen LogP contribution is -2.01. The molecule has 0 saturated heterocycles. The van der Waals surface area contributed by atoms with Gasteiger partial charge in [0.2, 0.25) is 0 Å². The van der Waals surface area contributed by atoms with Gasteiger partial charge >= 0.3 is 0 Å². The molecule has 0 amide bonds. The van der Waals surface area contributed by atoms with E-state index in [-0.39, 0.29) is 4.90 Å². The standard InChI is InChI=1S/C12H17ClO4S/c1-10-9-11(17-8-4-3-7-16-2)5-6-12(10)18(13,14)15/h5-6,9H,3-4,7-8H2,1-2H3. The molecule has 1 aromatic carbocycles. The fourth-order valence-corrected chi connectivity index (χ4v) is 2.72. The number of hydrogen-bond acceptors (Lipinski definition) is 4. The van der Waals surface area contributed by atoms with Crippen LogP contribution in [0.1, 0.15) is 18.4 Å². The molecule has 0 aliphatic rings. The number of methoxy groups -OCH3 is 1. The van der Waals surface area contributed by atoms with Crippen LogP contribution in [0.25, 0.3) is 0 Å². The quantitative estimate of drug-likeness (QED) is 0.573. The van der Waals surface area contributed by atoms with Gasteiger partial charge in [0.25, 0.3) is 9.05 Å². The maximum atomic E-state index is 11.2. The molecule has 6 heteroatoms. The van der Waals surface area contributed by atoms with Gasteiger partial charge in [-0.1, -0.05) is 0 Å². The Kier molecular flexibility index (Phi) is 5.91. The molecule has 102 valence electrons. The molecule has 1 rings (SSSR count). The number of hydrogen-bond donors (Lipinski definition) is 0. The maximum absolute atomic E-state index is 11.2. The van der Waals surface area contributed by atoms with Crippen molar-refractivity contribution in [1.82, 2.24) is 0 Å². The van der Waals surface area contributed by atoms with E-state index in [4.69, 9.17) is 20.2 Å². The molecule has 0 atom stereocenters. The third-order valence-electron chi connectivity index (χ3n) is 2.42. The highest BCUT2D eigenvalue weighted by molar-refractivity contribution is 8.13. The van der Waals surface area contributed by atoms with Crippen molar-refractivity contribution in [3.8, 4) is 5.75 Å². The van der Waals surface area contributed by atoms with E-state index in [9.17, 15) is 8.42 Å². The molecular weight excluding hydrogens is 276 g/mol. The normalized spacial score (nSPS) is 11.5. The molecule has 0 N–H and O–H groups in total. The van der Waals surface area contributed by atoms with Crippen LogP contribution in [0.2, 0.25) is 0 Å². The number of benzene rings is 1. The number of ether oxygens (including phenoxy) is 2. The number of halogens is 1. The molecule has 0 fully saturated rings. The van der Waals surface area contributed by atoms with Crippen molar-refractivity contribution in [3.05, 3.63) is 23.8 Å². The first kappa shape index (κ1) is 15.3. The molecule has 0 saturated carbocycles. The molecule has 0 spiro atoms. The molecule has 18 heavy (non-hydrogen) atoms. The largest absolute Gasteiger partial charge is 0.494 e. The van der Waals surface area contributed by atoms with E-state index < -0.39 is 9.05 Å². The molecule has 0 aliphatic heterocycles. The Labute approximate surface area is 112 Å². The molecule has 0 unspecified atom stereocenters. The van der Waals surface area contributed by atoms with Crippen LogP contribution in [0, 0.1) is 6.92 Å². The van der Waals surface area contributed by atoms with Crippen LogP contribution in [0.5, 0.6) is 5.75 Å². The van der Waals surface area contributed by atoms with Gasteiger partial charge in [-0.05, 0) is 43.5 Å². The molecule has 0 heterocycles. The number of rotatable bonds is 7. The van der Waals surface area contributed by atoms with Gasteiger partial charge in [-0.3, -0.25) is 0 Å². The van der Waals surface area contributed by atoms with Crippen LogP contribution in [-0.4, -0.2) is 28.7 Å². The Morgan fingerprint density at radius 2 is 1.89 bits per heavy atom. The van der Waals surface area contributed by atoms with E-state index in [1.165, 1.54) is 6.07 Å². The van der Waals surface area contributed by atoms with E-state index in [0.29, 0.717) is 24.5 Å². The summed E-state index contributed by atoms with van der Waals surface area (Å²) in [5.41, 5.74) is 0.583. The highest BCUT2D eigenvalue weighted by Gasteiger charge is 2.13. The highest BCUT2D eigenvalue weighted by Crippen LogP contribution is 2.23. The van der Waals surface area contributed by atoms with Crippen LogP contribution in [-0.2, 0) is 13.8 Å². The van der Waals surface area contributed by atoms with Crippen molar-refractivity contribution in [3.63, 3.8) is 0 Å². The van der Waals surface area contributed by atoms with Crippen LogP contribution < -0.4 is 4.74 Å². The molecule has 0 bridgehead atoms. The zero-order valence-electron chi connectivity index (χ0n) is 10.5. The van der Waals surface area contributed by atoms with E-state index in [1.807, 2.05) is 0 Å². The lowest BCUT2D eigenvalue weighted by molar-refractivity contribution is 0.184. The lowest BCUT2D eigenvalue weighted by atomic mass is 10.2. The van der Waals surface area contributed by atoms with Crippen molar-refractivity contribution in [1.29, 1.82) is 0 Å². The van der Waals surface area contributed by atoms with E-state index >= 15 is 0 Å². The summed E-state index contributed by atoms with van der Waals surface area (Å²) >= 11 is 0. The number of aryl methyl sites for hydroxylation is 1. The Hall–Kier alpha value is -0.780. The summed E-state index contributed by atoms with van der Waals surface area (Å²) in [5, 5.41) is 0. The van der Waals surface area contributed by atoms with Crippen LogP contribution >= 0.6 is 10.7 Å². The van der Waals surface area contributed by atoms with E-state index in [2.05, 4.69) is 0 Å². The summed E-state index contributed by atoms with van der Waals surface area (Å²) < 4.78 is 32.9. The molecule has 4 nitrogen and oxygen atoms in total. The summed E-state index contributed by atoms with van der Waals surface area (Å²) in [6, 6.07) is 4.74. The van der Waals surface area contributed by atoms with Gasteiger partial charge in [0.1, 0.15) is 5.75 Å². The molecule has 0 radical (unpaired) electrons. The molecular formula is C12H17ClO4S. The van der Waals surface area contributed by atoms with E-state index in [0.717, 1.165) is 12.8 Å². The van der Waals surface area contributed by atoms with Crippen molar-refractivity contribution < 1.29 is 17.9 Å². The number of unbranched alkanes of at least 4 members (excludes halogenated alkanes) is 1. The van der Waals surface area contributed by atoms with Crippen LogP contribution in [0.4, 0.5) is 0 Å². The fourth-order valence-electron chi connectivity index (χ4n) is 1.52. The highest BCUT2D eigenvalue weighted by atomic mass is 35.7. The zero-order valence-corrected chi connectivity index (χ0v) is 12.1. The van der Waals surface area contributed by atoms with Gasteiger partial charge in [-0.25, -0.2) is 8.42 Å². The second-order valence-electron chi connectivity index (χ2n) is 3.91. The minimum Gasteiger partial charge on any atom is -0.494 e. The van der Waals surface area contributed by atoms with Gasteiger partial charge in [-0.15, -0.1) is 0 Å². The lowest BCUT2D eigenvalue weighted by Gasteiger charge is -2.08. The third-order valence-corrected chi connectivity index (χ3v) is 3.90. The van der Waals surface area contributed by atoms with Gasteiger partial charge in [0, 0.05) is 24.4 Å². The van der Waals surface area contributed by atoms with Crippen molar-refractivity contribution in [2.45, 2.75) is 24.7 Å². The molecule has 0 aliphatic carbocycles. The van der Waals surface area contributed by atoms with Gasteiger partial charge in [-0.2, -0.15) is 0 Å². The summed E-state index contributed by atoms with van der Waals surface area (Å²) in [5.74, 6) is 0.647. The van der Waals surface area contributed by atoms with E-state index in [1.54, 1.807) is 26.2 Å². The summed E-state index contributed by atoms with van der Waals surface area (Å²) in [4.78, 5) is 0.121. The molecule has 0 aromatic heterocycles. The van der Waals surface area contributed by atoms with Crippen molar-refractivity contribution in [2.24, 2.45) is 0 Å². The van der Waals surface area contributed by atoms with Gasteiger partial charge < -0.3 is 9.47 Å². The first-order valence-electron chi connectivity index (χ1n) is 5.62. The SMILES string of the molecule is COCCCCOc1ccc(S(=O)(=O)Cl)c(C)c1. The minimum atomic E-state index is -3.68. The maximum Gasteiger partial charge on any atom is 0.261 e. The Morgan fingerprint density at radius 3 is 2.44 bits per heavy atom. The van der Waals surface area contributed by atoms with Gasteiger partial charge in [0.05, 0.1) is 11.5 Å². The predicted octanol–water partition coefficient (Wildman–Crippen LogP) is 2.73. The molecule has 1 aromatic rings. The Bertz CT molecular complexity index is 485. The van der Waals surface area contributed by atoms with Crippen LogP contribution in [0.15, 0.2) is 23.1 Å². The average Bonchev–Trinajstić information content (AvgIpc) is 2.27. The topological polar surface area (TPSA) is 52.6 Å². The predicted molar refractivity (Wildman–Crippen MR) is 70.8 cm³/mol. The minimum absolute atomic E-state index is 0.121. The summed E-state index contributed by atoms with van der Waals surface area (Å²) in [6.45, 7) is 2.98. The van der Waals surface area contributed by atoms with Crippen LogP contribution in [0.3, 0.4) is 0 Å². The average molecular weight is 293 g/mol. The first-order valence-corrected chi connectivity index (χ1v) is 7.93. The van der Waals surface area contributed by atoms with Gasteiger partial charge in [0.15, 0.2) is 0 Å². The third kappa shape index (κ3) is 4.84. The smallest absolute Gasteiger partial charge is 0.261 e. The zero-order chi connectivity index (χ0) is 13.6. The summed E-state index contributed by atoms with van der Waals surface area (Å²) in [7, 11) is 3.27. The Balaban J connectivity index is 2.57. The van der Waals surface area contributed by atoms with Crippen molar-refractivity contribution >= 4 is 19.7 Å². The first-order chi connectivity index (χ1) is 8.45. The second kappa shape index (κ2) is 6.97. The Morgan fingerprint density at radius 1 is 1.22 bits per heavy atom. The monoisotopic (exact) mass is 292 g/mol.